The Balaban J connectivity index is 1.46. The number of phosphoric ester groups is 3. The van der Waals surface area contributed by atoms with Gasteiger partial charge in [-0.15, -0.1) is 0 Å². The Bertz CT molecular complexity index is 2010. The van der Waals surface area contributed by atoms with Crippen LogP contribution in [0, 0.1) is 5.41 Å². The summed E-state index contributed by atoms with van der Waals surface area (Å²) in [6.07, 6.45) is -5.52. The van der Waals surface area contributed by atoms with Crippen molar-refractivity contribution in [3.05, 3.63) is 24.8 Å². The van der Waals surface area contributed by atoms with Gasteiger partial charge in [-0.2, -0.15) is 4.31 Å². The maximum atomic E-state index is 12.7. The van der Waals surface area contributed by atoms with E-state index >= 15 is 0 Å². The van der Waals surface area contributed by atoms with Crippen LogP contribution in [0.2, 0.25) is 0 Å². The normalized spacial score (nSPS) is 21.3. The minimum atomic E-state index is -5.60. The highest BCUT2D eigenvalue weighted by atomic mass is 32.2. The molecule has 1 fully saturated rings. The van der Waals surface area contributed by atoms with Crippen molar-refractivity contribution >= 4 is 80.9 Å². The molecule has 2 amide bonds. The highest BCUT2D eigenvalue weighted by Gasteiger charge is 2.50. The Morgan fingerprint density at radius 1 is 1.05 bits per heavy atom. The monoisotopic (exact) mass is 907 g/mol. The summed E-state index contributed by atoms with van der Waals surface area (Å²) in [6.45, 7) is 0.0932. The van der Waals surface area contributed by atoms with Crippen molar-refractivity contribution < 1.29 is 95.2 Å². The lowest BCUT2D eigenvalue weighted by molar-refractivity contribution is -0.148. The van der Waals surface area contributed by atoms with Crippen molar-refractivity contribution in [1.29, 1.82) is 0 Å². The number of nitrogens with zero attached hydrogens (tertiary/aromatic N) is 4. The van der Waals surface area contributed by atoms with Gasteiger partial charge in [0.2, 0.25) is 22.7 Å². The average molecular weight is 908 g/mol. The molecule has 0 aliphatic carbocycles. The van der Waals surface area contributed by atoms with Crippen LogP contribution in [0.15, 0.2) is 24.8 Å². The van der Waals surface area contributed by atoms with E-state index < -0.39 is 108 Å². The molecule has 1 aliphatic rings. The number of anilines is 1. The lowest BCUT2D eigenvalue weighted by atomic mass is 9.87. The Morgan fingerprint density at radius 2 is 1.72 bits per heavy atom. The van der Waals surface area contributed by atoms with Crippen LogP contribution in [0.25, 0.3) is 11.2 Å². The van der Waals surface area contributed by atoms with Gasteiger partial charge in [0.1, 0.15) is 36.3 Å². The molecule has 0 aromatic carbocycles. The fourth-order valence-corrected chi connectivity index (χ4v) is 8.11. The number of thioether (sulfide) groups is 1. The number of Topliss-reactive ketones (excluding diaryl/α,β-unsaturated/α-hetero) is 1. The van der Waals surface area contributed by atoms with Gasteiger partial charge in [-0.05, 0) is 6.08 Å². The summed E-state index contributed by atoms with van der Waals surface area (Å²) in [5.41, 5.74) is 4.17. The highest BCUT2D eigenvalue weighted by molar-refractivity contribution is 8.14. The standard InChI is InChI=1S/C27H40N7O20P3S/c1-27(2,21(39)24(40)30-7-6-16(36)29-8-9-58-17(37)5-3-4-14(35)26(41)42)11-51-57(48,49)54-56(46,47)50-10-15-20(53-55(43,44)45)19(38)25(52-15)34-13-33-18-22(28)31-12-32-23(18)34/h3,5,12-13,15,19-21,25,38-39H,4,6-11H2,1-2H3,(H,29,36)(H,30,40)(H,41,42)(H,46,47)(H,48,49)(H2,28,31,32)(H2,43,44,45)/b5-3+/t15-,19-,20-,21+,25-/m1/s1. The maximum Gasteiger partial charge on any atom is 0.481 e. The Hall–Kier alpha value is -3.56. The molecule has 1 aliphatic heterocycles. The number of aliphatic hydroxyl groups is 2. The van der Waals surface area contributed by atoms with Gasteiger partial charge in [0.05, 0.1) is 19.5 Å². The molecule has 31 heteroatoms. The van der Waals surface area contributed by atoms with Crippen molar-refractivity contribution in [2.24, 2.45) is 5.41 Å². The number of aliphatic carboxylic acids is 1. The molecule has 1 saturated heterocycles. The number of carboxylic acids is 1. The SMILES string of the molecule is CC(C)(COP(=O)(O)OP(=O)(O)OC[C@H]1O[C@@H](n2cnc3c(N)ncnc32)[C@H](O)[C@@H]1OP(=O)(O)O)[C@@H](O)C(=O)NCCC(=O)NCCSC(=O)/C=C/CC(=O)C(=O)O. The molecule has 0 spiro atoms. The van der Waals surface area contributed by atoms with Crippen LogP contribution in [0.4, 0.5) is 5.82 Å². The molecule has 2 aromatic heterocycles. The number of hydrogen-bond donors (Lipinski definition) is 10. The van der Waals surface area contributed by atoms with Crippen LogP contribution in [0.1, 0.15) is 32.9 Å². The summed E-state index contributed by atoms with van der Waals surface area (Å²) in [4.78, 5) is 109. The molecule has 11 N–H and O–H groups in total. The van der Waals surface area contributed by atoms with Crippen molar-refractivity contribution in [2.45, 2.75) is 57.3 Å². The van der Waals surface area contributed by atoms with E-state index in [2.05, 4.69) is 34.4 Å². The number of imidazole rings is 1. The number of aliphatic hydroxyl groups excluding tert-OH is 2. The average Bonchev–Trinajstić information content (AvgIpc) is 3.68. The van der Waals surface area contributed by atoms with E-state index in [4.69, 9.17) is 24.6 Å². The topological polar surface area (TPSA) is 418 Å². The molecule has 0 bridgehead atoms. The molecular formula is C27H40N7O20P3S. The van der Waals surface area contributed by atoms with E-state index in [1.165, 1.54) is 13.8 Å². The first kappa shape index (κ1) is 48.8. The van der Waals surface area contributed by atoms with Crippen LogP contribution in [0.5, 0.6) is 0 Å². The van der Waals surface area contributed by atoms with Crippen molar-refractivity contribution in [1.82, 2.24) is 30.2 Å². The molecule has 3 heterocycles. The first-order valence-corrected chi connectivity index (χ1v) is 21.8. The predicted octanol–water partition coefficient (Wildman–Crippen LogP) is -1.74. The zero-order valence-electron chi connectivity index (χ0n) is 30.2. The molecule has 0 radical (unpaired) electrons. The number of phosphoric acid groups is 3. The van der Waals surface area contributed by atoms with Crippen molar-refractivity contribution in [3.8, 4) is 0 Å². The van der Waals surface area contributed by atoms with Crippen molar-refractivity contribution in [2.75, 3.05) is 37.8 Å². The number of ether oxygens (including phenoxy) is 1. The maximum absolute atomic E-state index is 12.7. The number of aromatic nitrogens is 4. The Labute approximate surface area is 331 Å². The summed E-state index contributed by atoms with van der Waals surface area (Å²) in [5.74, 6) is -4.23. The van der Waals surface area contributed by atoms with Gasteiger partial charge in [-0.3, -0.25) is 37.3 Å². The first-order valence-electron chi connectivity index (χ1n) is 16.3. The molecule has 58 heavy (non-hydrogen) atoms. The van der Waals surface area contributed by atoms with Gasteiger partial charge in [0.15, 0.2) is 17.7 Å². The Kier molecular flexibility index (Phi) is 17.3. The molecule has 3 rings (SSSR count). The van der Waals surface area contributed by atoms with Gasteiger partial charge in [0.25, 0.3) is 0 Å². The fourth-order valence-electron chi connectivity index (χ4n) is 4.68. The number of hydrogen-bond acceptors (Lipinski definition) is 20. The number of carbonyl (C=O) groups excluding carboxylic acids is 4. The fraction of sp³-hybridized carbons (Fsp3) is 0.556. The largest absolute Gasteiger partial charge is 0.481 e. The van der Waals surface area contributed by atoms with Crippen molar-refractivity contribution in [3.63, 3.8) is 0 Å². The third-order valence-corrected chi connectivity index (χ3v) is 11.5. The molecule has 0 saturated carbocycles. The second-order valence-electron chi connectivity index (χ2n) is 12.6. The van der Waals surface area contributed by atoms with E-state index in [0.29, 0.717) is 0 Å². The van der Waals surface area contributed by atoms with Crippen LogP contribution in [0.3, 0.4) is 0 Å². The van der Waals surface area contributed by atoms with Crippen LogP contribution in [-0.4, -0.2) is 140 Å². The summed E-state index contributed by atoms with van der Waals surface area (Å²) in [6, 6.07) is 0. The number of amides is 2. The molecule has 324 valence electrons. The number of carboxylic acid groups (broad SMARTS) is 1. The second kappa shape index (κ2) is 20.6. The highest BCUT2D eigenvalue weighted by Crippen LogP contribution is 2.61. The van der Waals surface area contributed by atoms with E-state index in [0.717, 1.165) is 41.1 Å². The zero-order chi connectivity index (χ0) is 43.6. The number of allylic oxidation sites excluding steroid dienone is 1. The molecule has 2 unspecified atom stereocenters. The van der Waals surface area contributed by atoms with Crippen LogP contribution >= 0.6 is 35.2 Å². The van der Waals surface area contributed by atoms with Crippen LogP contribution < -0.4 is 16.4 Å². The number of nitrogen functional groups attached to an aromatic ring is 1. The Morgan fingerprint density at radius 3 is 2.38 bits per heavy atom. The van der Waals surface area contributed by atoms with E-state index in [9.17, 15) is 67.5 Å². The van der Waals surface area contributed by atoms with E-state index in [1.807, 2.05) is 0 Å². The lowest BCUT2D eigenvalue weighted by Crippen LogP contribution is -2.46. The number of nitrogens with one attached hydrogen (secondary N) is 2. The lowest BCUT2D eigenvalue weighted by Gasteiger charge is -2.30. The molecule has 2 aromatic rings. The summed E-state index contributed by atoms with van der Waals surface area (Å²) in [5, 5.41) is 34.2. The third-order valence-electron chi connectivity index (χ3n) is 7.54. The molecule has 7 atom stereocenters. The van der Waals surface area contributed by atoms with E-state index in [1.54, 1.807) is 0 Å². The zero-order valence-corrected chi connectivity index (χ0v) is 33.7. The van der Waals surface area contributed by atoms with E-state index in [-0.39, 0.29) is 42.2 Å². The third kappa shape index (κ3) is 14.9. The number of fused-ring (bicyclic) bond motifs is 1. The number of rotatable bonds is 23. The molecule has 27 nitrogen and oxygen atoms in total. The second-order valence-corrected chi connectivity index (χ2v) is 17.9. The minimum Gasteiger partial charge on any atom is -0.475 e. The number of nitrogens with two attached hydrogens (primary N) is 1. The van der Waals surface area contributed by atoms with Gasteiger partial charge in [-0.25, -0.2) is 33.4 Å². The number of carbonyl (C=O) groups is 5. The summed E-state index contributed by atoms with van der Waals surface area (Å²) in [7, 11) is -16.5. The minimum absolute atomic E-state index is 0.0136. The molecular weight excluding hydrogens is 867 g/mol. The van der Waals surface area contributed by atoms with Gasteiger partial charge in [-0.1, -0.05) is 31.7 Å². The first-order chi connectivity index (χ1) is 26.8. The summed E-state index contributed by atoms with van der Waals surface area (Å²) < 4.78 is 61.9. The predicted molar refractivity (Wildman–Crippen MR) is 193 cm³/mol. The van der Waals surface area contributed by atoms with Gasteiger partial charge < -0.3 is 56.0 Å². The number of ketones is 1. The van der Waals surface area contributed by atoms with Gasteiger partial charge >= 0.3 is 29.4 Å². The van der Waals surface area contributed by atoms with Crippen LogP contribution in [-0.2, 0) is 60.3 Å². The smallest absolute Gasteiger partial charge is 0.475 e. The summed E-state index contributed by atoms with van der Waals surface area (Å²) >= 11 is 0.785. The van der Waals surface area contributed by atoms with Gasteiger partial charge in [0, 0.05) is 37.1 Å². The quantitative estimate of drug-likeness (QED) is 0.0256.